The third kappa shape index (κ3) is 4.27. The highest BCUT2D eigenvalue weighted by molar-refractivity contribution is 7.80. The van der Waals surface area contributed by atoms with Crippen LogP contribution in [0.15, 0.2) is 54.6 Å². The van der Waals surface area contributed by atoms with Crippen molar-refractivity contribution in [3.63, 3.8) is 0 Å². The van der Waals surface area contributed by atoms with Gasteiger partial charge in [-0.1, -0.05) is 30.3 Å². The number of benzene rings is 2. The summed E-state index contributed by atoms with van der Waals surface area (Å²) in [6.07, 6.45) is 0. The summed E-state index contributed by atoms with van der Waals surface area (Å²) in [5, 5.41) is 13.7. The molecule has 0 heterocycles. The number of hydrogen-bond donors (Lipinski definition) is 3. The maximum atomic E-state index is 12.2. The van der Waals surface area contributed by atoms with Crippen molar-refractivity contribution in [3.05, 3.63) is 65.7 Å². The molecule has 23 heavy (non-hydrogen) atoms. The Labute approximate surface area is 138 Å². The molecule has 0 saturated carbocycles. The van der Waals surface area contributed by atoms with Gasteiger partial charge in [-0.3, -0.25) is 15.2 Å². The number of nitrogens with zero attached hydrogens (tertiary/aromatic N) is 1. The van der Waals surface area contributed by atoms with Gasteiger partial charge in [-0.2, -0.15) is 0 Å². The van der Waals surface area contributed by atoms with Crippen molar-refractivity contribution in [2.75, 3.05) is 12.4 Å². The van der Waals surface area contributed by atoms with Crippen LogP contribution in [0.5, 0.6) is 0 Å². The predicted molar refractivity (Wildman–Crippen MR) is 91.3 cm³/mol. The predicted octanol–water partition coefficient (Wildman–Crippen LogP) is 2.36. The minimum Gasteiger partial charge on any atom is -0.478 e. The fraction of sp³-hybridized carbons (Fsp3) is 0.0625. The molecule has 0 fully saturated rings. The number of amides is 1. The van der Waals surface area contributed by atoms with Gasteiger partial charge >= 0.3 is 5.97 Å². The highest BCUT2D eigenvalue weighted by atomic mass is 32.1. The molecule has 0 aromatic heterocycles. The Morgan fingerprint density at radius 3 is 2.17 bits per heavy atom. The van der Waals surface area contributed by atoms with Gasteiger partial charge in [0, 0.05) is 12.7 Å². The van der Waals surface area contributed by atoms with E-state index in [9.17, 15) is 9.59 Å². The van der Waals surface area contributed by atoms with Crippen molar-refractivity contribution in [3.8, 4) is 0 Å². The quantitative estimate of drug-likeness (QED) is 0.592. The van der Waals surface area contributed by atoms with Crippen LogP contribution in [0.1, 0.15) is 20.7 Å². The second-order valence-corrected chi connectivity index (χ2v) is 5.03. The van der Waals surface area contributed by atoms with Gasteiger partial charge < -0.3 is 10.4 Å². The summed E-state index contributed by atoms with van der Waals surface area (Å²) in [6.45, 7) is 0. The van der Waals surface area contributed by atoms with Crippen molar-refractivity contribution < 1.29 is 14.7 Å². The van der Waals surface area contributed by atoms with Crippen LogP contribution in [0.25, 0.3) is 0 Å². The highest BCUT2D eigenvalue weighted by Crippen LogP contribution is 2.09. The zero-order valence-electron chi connectivity index (χ0n) is 12.3. The van der Waals surface area contributed by atoms with E-state index in [4.69, 9.17) is 17.3 Å². The molecule has 6 nitrogen and oxygen atoms in total. The summed E-state index contributed by atoms with van der Waals surface area (Å²) in [7, 11) is 1.57. The van der Waals surface area contributed by atoms with Gasteiger partial charge in [-0.15, -0.1) is 0 Å². The molecule has 0 aliphatic rings. The van der Waals surface area contributed by atoms with Gasteiger partial charge in [0.1, 0.15) is 0 Å². The summed E-state index contributed by atoms with van der Waals surface area (Å²) < 4.78 is 0. The van der Waals surface area contributed by atoms with Crippen molar-refractivity contribution in [1.82, 2.24) is 10.4 Å². The first-order valence-electron chi connectivity index (χ1n) is 6.72. The van der Waals surface area contributed by atoms with Gasteiger partial charge in [0.05, 0.1) is 11.1 Å². The largest absolute Gasteiger partial charge is 0.478 e. The van der Waals surface area contributed by atoms with Gasteiger partial charge in [-0.05, 0) is 36.5 Å². The van der Waals surface area contributed by atoms with E-state index >= 15 is 0 Å². The number of hydrogen-bond acceptors (Lipinski definition) is 3. The van der Waals surface area contributed by atoms with Crippen LogP contribution < -0.4 is 10.7 Å². The number of para-hydroxylation sites is 1. The second kappa shape index (κ2) is 7.37. The molecule has 0 unspecified atom stereocenters. The molecule has 118 valence electrons. The number of carboxylic acid groups (broad SMARTS) is 1. The number of thiocarbonyl (C=S) groups is 1. The van der Waals surface area contributed by atoms with E-state index in [-0.39, 0.29) is 16.2 Å². The van der Waals surface area contributed by atoms with E-state index in [2.05, 4.69) is 10.7 Å². The van der Waals surface area contributed by atoms with Crippen LogP contribution in [-0.4, -0.2) is 34.2 Å². The maximum absolute atomic E-state index is 12.2. The summed E-state index contributed by atoms with van der Waals surface area (Å²) in [5.74, 6) is -1.72. The Kier molecular flexibility index (Phi) is 5.27. The van der Waals surface area contributed by atoms with E-state index < -0.39 is 11.9 Å². The molecule has 3 N–H and O–H groups in total. The van der Waals surface area contributed by atoms with E-state index in [0.717, 1.165) is 5.69 Å². The zero-order chi connectivity index (χ0) is 16.8. The second-order valence-electron chi connectivity index (χ2n) is 4.65. The van der Waals surface area contributed by atoms with Crippen LogP contribution in [0.3, 0.4) is 0 Å². The fourth-order valence-corrected chi connectivity index (χ4v) is 2.02. The molecule has 2 aromatic rings. The number of carbonyl (C=O) groups excluding carboxylic acids is 1. The molecular weight excluding hydrogens is 314 g/mol. The van der Waals surface area contributed by atoms with Crippen LogP contribution in [0.2, 0.25) is 0 Å². The Hall–Kier alpha value is -2.93. The van der Waals surface area contributed by atoms with Crippen LogP contribution in [0, 0.1) is 0 Å². The molecule has 0 spiro atoms. The van der Waals surface area contributed by atoms with Crippen molar-refractivity contribution in [1.29, 1.82) is 0 Å². The molecule has 0 aliphatic heterocycles. The minimum absolute atomic E-state index is 0.0642. The number of carbonyl (C=O) groups is 2. The van der Waals surface area contributed by atoms with Gasteiger partial charge in [0.25, 0.3) is 5.91 Å². The minimum atomic E-state index is -1.16. The number of hydrazine groups is 1. The number of anilines is 1. The summed E-state index contributed by atoms with van der Waals surface area (Å²) in [6, 6.07) is 15.2. The summed E-state index contributed by atoms with van der Waals surface area (Å²) in [5.41, 5.74) is 3.32. The third-order valence-electron chi connectivity index (χ3n) is 3.00. The highest BCUT2D eigenvalue weighted by Gasteiger charge is 2.17. The Morgan fingerprint density at radius 2 is 1.57 bits per heavy atom. The molecule has 2 rings (SSSR count). The molecule has 7 heteroatoms. The average molecular weight is 329 g/mol. The monoisotopic (exact) mass is 329 g/mol. The topological polar surface area (TPSA) is 81.7 Å². The molecule has 2 aromatic carbocycles. The van der Waals surface area contributed by atoms with Crippen LogP contribution in [-0.2, 0) is 0 Å². The Balaban J connectivity index is 2.05. The summed E-state index contributed by atoms with van der Waals surface area (Å²) >= 11 is 5.20. The van der Waals surface area contributed by atoms with Crippen molar-refractivity contribution in [2.45, 2.75) is 0 Å². The number of nitrogens with one attached hydrogen (secondary N) is 2. The SMILES string of the molecule is CN(NC(=O)c1ccccc1C(=O)O)C(=S)Nc1ccccc1. The van der Waals surface area contributed by atoms with E-state index in [1.165, 1.54) is 17.1 Å². The molecule has 0 aliphatic carbocycles. The lowest BCUT2D eigenvalue weighted by molar-refractivity contribution is 0.0689. The summed E-state index contributed by atoms with van der Waals surface area (Å²) in [4.78, 5) is 23.4. The molecule has 0 radical (unpaired) electrons. The lowest BCUT2D eigenvalue weighted by atomic mass is 10.1. The first-order chi connectivity index (χ1) is 11.0. The fourth-order valence-electron chi connectivity index (χ4n) is 1.86. The maximum Gasteiger partial charge on any atom is 0.336 e. The van der Waals surface area contributed by atoms with Gasteiger partial charge in [0.15, 0.2) is 5.11 Å². The molecule has 0 saturated heterocycles. The van der Waals surface area contributed by atoms with Crippen LogP contribution >= 0.6 is 12.2 Å². The normalized spacial score (nSPS) is 9.78. The smallest absolute Gasteiger partial charge is 0.336 e. The standard InChI is InChI=1S/C16H15N3O3S/c1-19(16(23)17-11-7-3-2-4-8-11)18-14(20)12-9-5-6-10-13(12)15(21)22/h2-10H,1H3,(H,17,23)(H,18,20)(H,21,22). The first-order valence-corrected chi connectivity index (χ1v) is 7.13. The lowest BCUT2D eigenvalue weighted by Crippen LogP contribution is -2.45. The zero-order valence-corrected chi connectivity index (χ0v) is 13.1. The van der Waals surface area contributed by atoms with Crippen molar-refractivity contribution >= 4 is 34.9 Å². The Bertz CT molecular complexity index is 734. The van der Waals surface area contributed by atoms with E-state index in [1.807, 2.05) is 30.3 Å². The molecule has 0 bridgehead atoms. The molecule has 1 amide bonds. The third-order valence-corrected chi connectivity index (χ3v) is 3.38. The number of rotatable bonds is 3. The Morgan fingerprint density at radius 1 is 1.00 bits per heavy atom. The average Bonchev–Trinajstić information content (AvgIpc) is 2.55. The lowest BCUT2D eigenvalue weighted by Gasteiger charge is -2.22. The first kappa shape index (κ1) is 16.4. The molecular formula is C16H15N3O3S. The molecule has 0 atom stereocenters. The van der Waals surface area contributed by atoms with E-state index in [0.29, 0.717) is 0 Å². The number of aromatic carboxylic acids is 1. The van der Waals surface area contributed by atoms with Gasteiger partial charge in [0.2, 0.25) is 0 Å². The van der Waals surface area contributed by atoms with Crippen molar-refractivity contribution in [2.24, 2.45) is 0 Å². The van der Waals surface area contributed by atoms with E-state index in [1.54, 1.807) is 19.2 Å². The van der Waals surface area contributed by atoms with Gasteiger partial charge in [-0.25, -0.2) is 4.79 Å². The number of carboxylic acids is 1. The van der Waals surface area contributed by atoms with Crippen LogP contribution in [0.4, 0.5) is 5.69 Å².